The van der Waals surface area contributed by atoms with Crippen molar-refractivity contribution < 1.29 is 4.79 Å². The molecule has 1 aromatic heterocycles. The van der Waals surface area contributed by atoms with Crippen LogP contribution in [0.3, 0.4) is 0 Å². The average molecular weight is 317 g/mol. The number of hydrogen-bond acceptors (Lipinski definition) is 3. The van der Waals surface area contributed by atoms with Gasteiger partial charge in [-0.1, -0.05) is 42.5 Å². The van der Waals surface area contributed by atoms with Crippen molar-refractivity contribution in [3.05, 3.63) is 72.3 Å². The van der Waals surface area contributed by atoms with Crippen LogP contribution in [-0.2, 0) is 6.42 Å². The van der Waals surface area contributed by atoms with E-state index in [-0.39, 0.29) is 11.9 Å². The van der Waals surface area contributed by atoms with Crippen LogP contribution in [0.25, 0.3) is 10.8 Å². The van der Waals surface area contributed by atoms with Crippen molar-refractivity contribution >= 4 is 16.7 Å². The highest BCUT2D eigenvalue weighted by Gasteiger charge is 2.30. The first-order chi connectivity index (χ1) is 11.8. The highest BCUT2D eigenvalue weighted by atomic mass is 16.2. The highest BCUT2D eigenvalue weighted by Crippen LogP contribution is 2.26. The van der Waals surface area contributed by atoms with Crippen LogP contribution in [0.4, 0.5) is 0 Å². The molecule has 2 heterocycles. The number of rotatable bonds is 3. The van der Waals surface area contributed by atoms with Crippen LogP contribution >= 0.6 is 0 Å². The molecule has 0 aliphatic carbocycles. The molecule has 1 atom stereocenters. The molecule has 4 rings (SSSR count). The molecule has 120 valence electrons. The van der Waals surface area contributed by atoms with Crippen LogP contribution in [0.15, 0.2) is 61.1 Å². The van der Waals surface area contributed by atoms with Gasteiger partial charge in [0.25, 0.3) is 5.91 Å². The SMILES string of the molecule is O=C(c1cnccn1)N1CCC[C@H]1Cc1cccc2ccccc12. The summed E-state index contributed by atoms with van der Waals surface area (Å²) < 4.78 is 0. The molecule has 1 aliphatic heterocycles. The number of hydrogen-bond donors (Lipinski definition) is 0. The summed E-state index contributed by atoms with van der Waals surface area (Å²) in [5.41, 5.74) is 1.74. The summed E-state index contributed by atoms with van der Waals surface area (Å²) in [5.74, 6) is -0.00848. The summed E-state index contributed by atoms with van der Waals surface area (Å²) in [5, 5.41) is 2.53. The molecule has 0 unspecified atom stereocenters. The number of fused-ring (bicyclic) bond motifs is 1. The van der Waals surface area contributed by atoms with E-state index in [1.54, 1.807) is 18.6 Å². The third-order valence-corrected chi connectivity index (χ3v) is 4.76. The summed E-state index contributed by atoms with van der Waals surface area (Å²) in [7, 11) is 0. The van der Waals surface area contributed by atoms with Gasteiger partial charge in [0.15, 0.2) is 0 Å². The predicted octanol–water partition coefficient (Wildman–Crippen LogP) is 3.48. The van der Waals surface area contributed by atoms with Gasteiger partial charge in [-0.2, -0.15) is 0 Å². The lowest BCUT2D eigenvalue weighted by Crippen LogP contribution is -2.37. The standard InChI is InChI=1S/C20H19N3O/c24-20(19-14-21-10-11-22-19)23-12-4-8-17(23)13-16-7-3-6-15-5-1-2-9-18(15)16/h1-3,5-7,9-11,14,17H,4,8,12-13H2/t17-/m0/s1. The lowest BCUT2D eigenvalue weighted by atomic mass is 9.97. The first-order valence-electron chi connectivity index (χ1n) is 8.36. The summed E-state index contributed by atoms with van der Waals surface area (Å²) >= 11 is 0. The van der Waals surface area contributed by atoms with Gasteiger partial charge in [-0.15, -0.1) is 0 Å². The highest BCUT2D eigenvalue weighted by molar-refractivity contribution is 5.92. The Morgan fingerprint density at radius 1 is 1.12 bits per heavy atom. The van der Waals surface area contributed by atoms with Gasteiger partial charge in [0.05, 0.1) is 6.20 Å². The maximum absolute atomic E-state index is 12.7. The van der Waals surface area contributed by atoms with Crippen molar-refractivity contribution in [3.8, 4) is 0 Å². The van der Waals surface area contributed by atoms with Gasteiger partial charge < -0.3 is 4.90 Å². The zero-order chi connectivity index (χ0) is 16.4. The molecule has 1 fully saturated rings. The fourth-order valence-electron chi connectivity index (χ4n) is 3.60. The number of nitrogens with zero attached hydrogens (tertiary/aromatic N) is 3. The number of carbonyl (C=O) groups is 1. The van der Waals surface area contributed by atoms with Crippen molar-refractivity contribution in [3.63, 3.8) is 0 Å². The molecule has 1 amide bonds. The Bertz CT molecular complexity index is 858. The first kappa shape index (κ1) is 14.8. The van der Waals surface area contributed by atoms with E-state index < -0.39 is 0 Å². The Kier molecular flexibility index (Phi) is 3.95. The average Bonchev–Trinajstić information content (AvgIpc) is 3.10. The number of aromatic nitrogens is 2. The second-order valence-corrected chi connectivity index (χ2v) is 6.23. The number of carbonyl (C=O) groups excluding carboxylic acids is 1. The molecule has 24 heavy (non-hydrogen) atoms. The monoisotopic (exact) mass is 317 g/mol. The predicted molar refractivity (Wildman–Crippen MR) is 93.7 cm³/mol. The molecular formula is C20H19N3O. The van der Waals surface area contributed by atoms with Gasteiger partial charge in [0, 0.05) is 25.0 Å². The molecule has 3 aromatic rings. The minimum absolute atomic E-state index is 0.00848. The fourth-order valence-corrected chi connectivity index (χ4v) is 3.60. The van der Waals surface area contributed by atoms with Crippen LogP contribution in [0.2, 0.25) is 0 Å². The molecule has 1 saturated heterocycles. The fraction of sp³-hybridized carbons (Fsp3) is 0.250. The first-order valence-corrected chi connectivity index (χ1v) is 8.36. The van der Waals surface area contributed by atoms with Gasteiger partial charge in [-0.25, -0.2) is 4.98 Å². The molecule has 0 bridgehead atoms. The Morgan fingerprint density at radius 2 is 2.00 bits per heavy atom. The van der Waals surface area contributed by atoms with Gasteiger partial charge in [0.1, 0.15) is 5.69 Å². The zero-order valence-corrected chi connectivity index (χ0v) is 13.4. The largest absolute Gasteiger partial charge is 0.334 e. The third kappa shape index (κ3) is 2.75. The van der Waals surface area contributed by atoms with Gasteiger partial charge in [-0.3, -0.25) is 9.78 Å². The molecule has 4 nitrogen and oxygen atoms in total. The summed E-state index contributed by atoms with van der Waals surface area (Å²) in [6.45, 7) is 0.796. The van der Waals surface area contributed by atoms with Crippen LogP contribution in [0.5, 0.6) is 0 Å². The van der Waals surface area contributed by atoms with E-state index in [1.165, 1.54) is 16.3 Å². The van der Waals surface area contributed by atoms with Crippen molar-refractivity contribution in [1.29, 1.82) is 0 Å². The number of benzene rings is 2. The van der Waals surface area contributed by atoms with E-state index in [1.807, 2.05) is 4.90 Å². The van der Waals surface area contributed by atoms with Gasteiger partial charge in [0.2, 0.25) is 0 Å². The zero-order valence-electron chi connectivity index (χ0n) is 13.4. The number of amides is 1. The molecule has 1 aliphatic rings. The summed E-state index contributed by atoms with van der Waals surface area (Å²) in [6.07, 6.45) is 7.68. The van der Waals surface area contributed by atoms with Crippen LogP contribution in [0, 0.1) is 0 Å². The molecule has 0 radical (unpaired) electrons. The lowest BCUT2D eigenvalue weighted by molar-refractivity contribution is 0.0730. The topological polar surface area (TPSA) is 46.1 Å². The van der Waals surface area contributed by atoms with Gasteiger partial charge >= 0.3 is 0 Å². The second kappa shape index (κ2) is 6.40. The maximum atomic E-state index is 12.7. The number of likely N-dealkylation sites (tertiary alicyclic amines) is 1. The van der Waals surface area contributed by atoms with E-state index in [9.17, 15) is 4.79 Å². The molecular weight excluding hydrogens is 298 g/mol. The molecule has 2 aromatic carbocycles. The van der Waals surface area contributed by atoms with Crippen molar-refractivity contribution in [2.75, 3.05) is 6.54 Å². The Labute approximate surface area is 141 Å². The molecule has 4 heteroatoms. The van der Waals surface area contributed by atoms with E-state index >= 15 is 0 Å². The van der Waals surface area contributed by atoms with Crippen LogP contribution in [-0.4, -0.2) is 33.4 Å². The van der Waals surface area contributed by atoms with E-state index in [4.69, 9.17) is 0 Å². The van der Waals surface area contributed by atoms with Crippen LogP contribution in [0.1, 0.15) is 28.9 Å². The quantitative estimate of drug-likeness (QED) is 0.743. The Morgan fingerprint density at radius 3 is 2.88 bits per heavy atom. The molecule has 0 N–H and O–H groups in total. The normalized spacial score (nSPS) is 17.3. The molecule has 0 spiro atoms. The summed E-state index contributed by atoms with van der Waals surface area (Å²) in [6, 6.07) is 15.1. The van der Waals surface area contributed by atoms with Gasteiger partial charge in [-0.05, 0) is 35.6 Å². The minimum atomic E-state index is -0.00848. The lowest BCUT2D eigenvalue weighted by Gasteiger charge is -2.25. The minimum Gasteiger partial charge on any atom is -0.334 e. The van der Waals surface area contributed by atoms with Crippen molar-refractivity contribution in [2.24, 2.45) is 0 Å². The van der Waals surface area contributed by atoms with E-state index in [2.05, 4.69) is 52.4 Å². The van der Waals surface area contributed by atoms with Crippen molar-refractivity contribution in [1.82, 2.24) is 14.9 Å². The summed E-state index contributed by atoms with van der Waals surface area (Å²) in [4.78, 5) is 22.9. The second-order valence-electron chi connectivity index (χ2n) is 6.23. The van der Waals surface area contributed by atoms with Crippen LogP contribution < -0.4 is 0 Å². The Balaban J connectivity index is 1.60. The van der Waals surface area contributed by atoms with Crippen molar-refractivity contribution in [2.45, 2.75) is 25.3 Å². The van der Waals surface area contributed by atoms with E-state index in [0.29, 0.717) is 5.69 Å². The smallest absolute Gasteiger partial charge is 0.274 e. The molecule has 0 saturated carbocycles. The Hall–Kier alpha value is -2.75. The van der Waals surface area contributed by atoms with E-state index in [0.717, 1.165) is 25.8 Å². The maximum Gasteiger partial charge on any atom is 0.274 e. The third-order valence-electron chi connectivity index (χ3n) is 4.76.